The molecule has 0 heterocycles. The van der Waals surface area contributed by atoms with Gasteiger partial charge in [-0.15, -0.1) is 12.4 Å². The van der Waals surface area contributed by atoms with Crippen LogP contribution in [-0.2, 0) is 6.42 Å². The Hall–Kier alpha value is -0.730. The second kappa shape index (κ2) is 6.68. The second-order valence-corrected chi connectivity index (χ2v) is 3.58. The van der Waals surface area contributed by atoms with Gasteiger partial charge in [-0.05, 0) is 51.2 Å². The van der Waals surface area contributed by atoms with E-state index in [0.717, 1.165) is 19.4 Å². The monoisotopic (exact) mass is 215 g/mol. The lowest BCUT2D eigenvalue weighted by molar-refractivity contribution is 0.400. The summed E-state index contributed by atoms with van der Waals surface area (Å²) in [6.45, 7) is 1.09. The zero-order valence-electron chi connectivity index (χ0n) is 8.73. The molecule has 0 saturated carbocycles. The average molecular weight is 216 g/mol. The van der Waals surface area contributed by atoms with Crippen LogP contribution in [0.25, 0.3) is 0 Å². The molecule has 0 spiro atoms. The molecule has 3 heteroatoms. The minimum absolute atomic E-state index is 0. The van der Waals surface area contributed by atoms with Gasteiger partial charge in [-0.1, -0.05) is 12.1 Å². The first-order valence-electron chi connectivity index (χ1n) is 4.61. The fourth-order valence-electron chi connectivity index (χ4n) is 1.31. The molecule has 0 radical (unpaired) electrons. The summed E-state index contributed by atoms with van der Waals surface area (Å²) in [6, 6.07) is 7.47. The molecule has 1 rings (SSSR count). The van der Waals surface area contributed by atoms with Crippen LogP contribution in [0, 0.1) is 0 Å². The minimum Gasteiger partial charge on any atom is -0.508 e. The van der Waals surface area contributed by atoms with Crippen LogP contribution < -0.4 is 0 Å². The molecule has 0 amide bonds. The van der Waals surface area contributed by atoms with Gasteiger partial charge in [0, 0.05) is 0 Å². The Morgan fingerprint density at radius 3 is 2.57 bits per heavy atom. The second-order valence-electron chi connectivity index (χ2n) is 3.58. The lowest BCUT2D eigenvalue weighted by atomic mass is 10.1. The van der Waals surface area contributed by atoms with E-state index >= 15 is 0 Å². The van der Waals surface area contributed by atoms with E-state index in [1.165, 1.54) is 5.56 Å². The summed E-state index contributed by atoms with van der Waals surface area (Å²) in [4.78, 5) is 2.17. The van der Waals surface area contributed by atoms with Crippen LogP contribution >= 0.6 is 12.4 Å². The SMILES string of the molecule is CN(C)CCCc1cccc(O)c1.Cl. The molecular weight excluding hydrogens is 198 g/mol. The zero-order chi connectivity index (χ0) is 9.68. The first kappa shape index (κ1) is 13.3. The highest BCUT2D eigenvalue weighted by molar-refractivity contribution is 5.85. The van der Waals surface area contributed by atoms with Crippen molar-refractivity contribution in [2.24, 2.45) is 0 Å². The maximum absolute atomic E-state index is 9.21. The van der Waals surface area contributed by atoms with Crippen molar-refractivity contribution in [2.75, 3.05) is 20.6 Å². The summed E-state index contributed by atoms with van der Waals surface area (Å²) in [5.41, 5.74) is 1.21. The molecule has 1 N–H and O–H groups in total. The number of hydrogen-bond donors (Lipinski definition) is 1. The fraction of sp³-hybridized carbons (Fsp3) is 0.455. The normalized spacial score (nSPS) is 9.93. The molecule has 2 nitrogen and oxygen atoms in total. The van der Waals surface area contributed by atoms with E-state index in [-0.39, 0.29) is 12.4 Å². The molecule has 0 unspecified atom stereocenters. The Balaban J connectivity index is 0.00000169. The lowest BCUT2D eigenvalue weighted by Gasteiger charge is -2.08. The number of rotatable bonds is 4. The van der Waals surface area contributed by atoms with E-state index in [4.69, 9.17) is 0 Å². The summed E-state index contributed by atoms with van der Waals surface area (Å²) in [5.74, 6) is 0.363. The van der Waals surface area contributed by atoms with Gasteiger partial charge in [0.2, 0.25) is 0 Å². The fourth-order valence-corrected chi connectivity index (χ4v) is 1.31. The predicted molar refractivity (Wildman–Crippen MR) is 62.2 cm³/mol. The smallest absolute Gasteiger partial charge is 0.115 e. The molecule has 80 valence electrons. The molecule has 0 aliphatic heterocycles. The molecule has 1 aromatic carbocycles. The van der Waals surface area contributed by atoms with E-state index in [9.17, 15) is 5.11 Å². The molecule has 0 saturated heterocycles. The van der Waals surface area contributed by atoms with Gasteiger partial charge in [0.25, 0.3) is 0 Å². The molecule has 1 aromatic rings. The number of phenolic OH excluding ortho intramolecular Hbond substituents is 1. The van der Waals surface area contributed by atoms with Crippen molar-refractivity contribution < 1.29 is 5.11 Å². The molecular formula is C11H18ClNO. The number of hydrogen-bond acceptors (Lipinski definition) is 2. The van der Waals surface area contributed by atoms with Crippen LogP contribution in [0.2, 0.25) is 0 Å². The van der Waals surface area contributed by atoms with Crippen molar-refractivity contribution in [1.29, 1.82) is 0 Å². The van der Waals surface area contributed by atoms with Gasteiger partial charge in [0.1, 0.15) is 5.75 Å². The summed E-state index contributed by atoms with van der Waals surface area (Å²) < 4.78 is 0. The van der Waals surface area contributed by atoms with Crippen molar-refractivity contribution in [3.63, 3.8) is 0 Å². The van der Waals surface area contributed by atoms with Gasteiger partial charge in [-0.3, -0.25) is 0 Å². The summed E-state index contributed by atoms with van der Waals surface area (Å²) in [6.07, 6.45) is 2.17. The Kier molecular flexibility index (Phi) is 6.34. The van der Waals surface area contributed by atoms with E-state index in [0.29, 0.717) is 5.75 Å². The summed E-state index contributed by atoms with van der Waals surface area (Å²) in [5, 5.41) is 9.21. The molecule has 0 aliphatic rings. The molecule has 0 atom stereocenters. The molecule has 14 heavy (non-hydrogen) atoms. The first-order chi connectivity index (χ1) is 6.18. The average Bonchev–Trinajstić information content (AvgIpc) is 2.03. The Bertz CT molecular complexity index is 263. The summed E-state index contributed by atoms with van der Waals surface area (Å²) >= 11 is 0. The van der Waals surface area contributed by atoms with Crippen LogP contribution in [0.1, 0.15) is 12.0 Å². The maximum Gasteiger partial charge on any atom is 0.115 e. The quantitative estimate of drug-likeness (QED) is 0.834. The zero-order valence-corrected chi connectivity index (χ0v) is 9.55. The topological polar surface area (TPSA) is 23.5 Å². The maximum atomic E-state index is 9.21. The van der Waals surface area contributed by atoms with E-state index in [1.807, 2.05) is 12.1 Å². The standard InChI is InChI=1S/C11H17NO.ClH/c1-12(2)8-4-6-10-5-3-7-11(13)9-10;/h3,5,7,9,13H,4,6,8H2,1-2H3;1H. The number of benzene rings is 1. The number of aryl methyl sites for hydroxylation is 1. The third kappa shape index (κ3) is 5.10. The third-order valence-electron chi connectivity index (χ3n) is 1.98. The Morgan fingerprint density at radius 2 is 2.00 bits per heavy atom. The summed E-state index contributed by atoms with van der Waals surface area (Å²) in [7, 11) is 4.14. The number of halogens is 1. The van der Waals surface area contributed by atoms with Crippen LogP contribution in [-0.4, -0.2) is 30.6 Å². The van der Waals surface area contributed by atoms with Crippen molar-refractivity contribution >= 4 is 12.4 Å². The Morgan fingerprint density at radius 1 is 1.29 bits per heavy atom. The van der Waals surface area contributed by atoms with E-state index in [1.54, 1.807) is 6.07 Å². The van der Waals surface area contributed by atoms with E-state index in [2.05, 4.69) is 25.1 Å². The van der Waals surface area contributed by atoms with Crippen molar-refractivity contribution in [3.8, 4) is 5.75 Å². The number of phenols is 1. The van der Waals surface area contributed by atoms with Crippen LogP contribution in [0.4, 0.5) is 0 Å². The molecule has 0 fully saturated rings. The minimum atomic E-state index is 0. The predicted octanol–water partition coefficient (Wildman–Crippen LogP) is 2.31. The van der Waals surface area contributed by atoms with Crippen LogP contribution in [0.3, 0.4) is 0 Å². The van der Waals surface area contributed by atoms with E-state index < -0.39 is 0 Å². The van der Waals surface area contributed by atoms with Crippen molar-refractivity contribution in [1.82, 2.24) is 4.90 Å². The van der Waals surface area contributed by atoms with Gasteiger partial charge in [0.15, 0.2) is 0 Å². The van der Waals surface area contributed by atoms with Gasteiger partial charge >= 0.3 is 0 Å². The van der Waals surface area contributed by atoms with Gasteiger partial charge in [-0.2, -0.15) is 0 Å². The largest absolute Gasteiger partial charge is 0.508 e. The third-order valence-corrected chi connectivity index (χ3v) is 1.98. The molecule has 0 bridgehead atoms. The van der Waals surface area contributed by atoms with Gasteiger partial charge in [0.05, 0.1) is 0 Å². The van der Waals surface area contributed by atoms with Crippen LogP contribution in [0.5, 0.6) is 5.75 Å². The highest BCUT2D eigenvalue weighted by Crippen LogP contribution is 2.12. The van der Waals surface area contributed by atoms with Crippen LogP contribution in [0.15, 0.2) is 24.3 Å². The number of aromatic hydroxyl groups is 1. The number of nitrogens with zero attached hydrogens (tertiary/aromatic N) is 1. The Labute approximate surface area is 92.0 Å². The molecule has 0 aliphatic carbocycles. The van der Waals surface area contributed by atoms with Gasteiger partial charge < -0.3 is 10.0 Å². The lowest BCUT2D eigenvalue weighted by Crippen LogP contribution is -2.13. The van der Waals surface area contributed by atoms with Gasteiger partial charge in [-0.25, -0.2) is 0 Å². The first-order valence-corrected chi connectivity index (χ1v) is 4.61. The highest BCUT2D eigenvalue weighted by Gasteiger charge is 1.95. The van der Waals surface area contributed by atoms with Crippen molar-refractivity contribution in [2.45, 2.75) is 12.8 Å². The molecule has 0 aromatic heterocycles. The van der Waals surface area contributed by atoms with Crippen molar-refractivity contribution in [3.05, 3.63) is 29.8 Å². The highest BCUT2D eigenvalue weighted by atomic mass is 35.5.